The Morgan fingerprint density at radius 1 is 1.30 bits per heavy atom. The number of carboxylic acids is 1. The predicted molar refractivity (Wildman–Crippen MR) is 101 cm³/mol. The van der Waals surface area contributed by atoms with Gasteiger partial charge in [-0.15, -0.1) is 11.3 Å². The summed E-state index contributed by atoms with van der Waals surface area (Å²) in [6.45, 7) is 2.21. The van der Waals surface area contributed by atoms with Gasteiger partial charge in [-0.25, -0.2) is 14.5 Å². The second-order valence-corrected chi connectivity index (χ2v) is 7.38. The number of carbonyl (C=O) groups is 2. The predicted octanol–water partition coefficient (Wildman–Crippen LogP) is 2.75. The lowest BCUT2D eigenvalue weighted by atomic mass is 10.2. The largest absolute Gasteiger partial charge is 0.476 e. The molecule has 2 N–H and O–H groups in total. The maximum atomic E-state index is 12.7. The number of hydrogen-bond acceptors (Lipinski definition) is 5. The first kappa shape index (κ1) is 17.4. The molecule has 4 rings (SSSR count). The molecule has 1 aliphatic carbocycles. The van der Waals surface area contributed by atoms with Gasteiger partial charge in [0.05, 0.1) is 12.2 Å². The molecule has 8 heteroatoms. The van der Waals surface area contributed by atoms with Gasteiger partial charge in [-0.1, -0.05) is 18.2 Å². The molecule has 0 atom stereocenters. The van der Waals surface area contributed by atoms with Gasteiger partial charge < -0.3 is 10.4 Å². The summed E-state index contributed by atoms with van der Waals surface area (Å²) in [5.74, 6) is -1.33. The van der Waals surface area contributed by atoms with E-state index in [0.29, 0.717) is 10.7 Å². The fraction of sp³-hybridized carbons (Fsp3) is 0.263. The van der Waals surface area contributed by atoms with E-state index >= 15 is 0 Å². The summed E-state index contributed by atoms with van der Waals surface area (Å²) in [6, 6.07) is 7.98. The summed E-state index contributed by atoms with van der Waals surface area (Å²) in [4.78, 5) is 27.6. The summed E-state index contributed by atoms with van der Waals surface area (Å²) in [5, 5.41) is 18.4. The van der Waals surface area contributed by atoms with Crippen LogP contribution in [0.5, 0.6) is 0 Å². The number of thiazole rings is 1. The van der Waals surface area contributed by atoms with Crippen molar-refractivity contribution in [1.29, 1.82) is 0 Å². The lowest BCUT2D eigenvalue weighted by Crippen LogP contribution is -2.24. The standard InChI is InChI=1S/C19H18N4O3S/c1-11-5-2-3-7-14(11)23-15-8-4-6-12(15)17(22-23)18(24)20-9-16-21-13(10-27-16)19(25)26/h2-3,5,7,10H,4,6,8-9H2,1H3,(H,20,24)(H,25,26). The Kier molecular flexibility index (Phi) is 4.49. The first-order chi connectivity index (χ1) is 13.0. The van der Waals surface area contributed by atoms with E-state index in [9.17, 15) is 9.59 Å². The maximum Gasteiger partial charge on any atom is 0.355 e. The number of carboxylic acid groups (broad SMARTS) is 1. The minimum atomic E-state index is -1.07. The maximum absolute atomic E-state index is 12.7. The number of nitrogens with zero attached hydrogens (tertiary/aromatic N) is 3. The topological polar surface area (TPSA) is 97.1 Å². The minimum absolute atomic E-state index is 0.00558. The Morgan fingerprint density at radius 3 is 2.85 bits per heavy atom. The van der Waals surface area contributed by atoms with Crippen LogP contribution in [0.2, 0.25) is 0 Å². The van der Waals surface area contributed by atoms with Crippen LogP contribution in [-0.2, 0) is 19.4 Å². The Hall–Kier alpha value is -3.00. The van der Waals surface area contributed by atoms with Crippen molar-refractivity contribution in [2.75, 3.05) is 0 Å². The van der Waals surface area contributed by atoms with Gasteiger partial charge in [0.2, 0.25) is 0 Å². The number of aromatic nitrogens is 3. The highest BCUT2D eigenvalue weighted by Crippen LogP contribution is 2.28. The van der Waals surface area contributed by atoms with Gasteiger partial charge in [-0.3, -0.25) is 4.79 Å². The van der Waals surface area contributed by atoms with E-state index in [-0.39, 0.29) is 18.1 Å². The highest BCUT2D eigenvalue weighted by molar-refractivity contribution is 7.09. The Morgan fingerprint density at radius 2 is 2.11 bits per heavy atom. The van der Waals surface area contributed by atoms with Crippen LogP contribution in [0.15, 0.2) is 29.6 Å². The fourth-order valence-electron chi connectivity index (χ4n) is 3.35. The van der Waals surface area contributed by atoms with Crippen LogP contribution >= 0.6 is 11.3 Å². The summed E-state index contributed by atoms with van der Waals surface area (Å²) in [5.41, 5.74) is 4.62. The van der Waals surface area contributed by atoms with Crippen LogP contribution in [0.25, 0.3) is 5.69 Å². The average Bonchev–Trinajstić information content (AvgIpc) is 3.36. The minimum Gasteiger partial charge on any atom is -0.476 e. The molecular formula is C19H18N4O3S. The van der Waals surface area contributed by atoms with Crippen molar-refractivity contribution >= 4 is 23.2 Å². The second-order valence-electron chi connectivity index (χ2n) is 6.44. The number of aromatic carboxylic acids is 1. The van der Waals surface area contributed by atoms with Crippen molar-refractivity contribution < 1.29 is 14.7 Å². The van der Waals surface area contributed by atoms with Crippen molar-refractivity contribution in [3.63, 3.8) is 0 Å². The zero-order valence-corrected chi connectivity index (χ0v) is 15.5. The number of fused-ring (bicyclic) bond motifs is 1. The Bertz CT molecular complexity index is 1040. The van der Waals surface area contributed by atoms with E-state index in [4.69, 9.17) is 5.11 Å². The third kappa shape index (κ3) is 3.23. The van der Waals surface area contributed by atoms with Gasteiger partial charge in [0.1, 0.15) is 5.01 Å². The second kappa shape index (κ2) is 6.96. The van der Waals surface area contributed by atoms with E-state index < -0.39 is 5.97 Å². The third-order valence-electron chi connectivity index (χ3n) is 4.66. The number of hydrogen-bond donors (Lipinski definition) is 2. The van der Waals surface area contributed by atoms with Crippen molar-refractivity contribution in [1.82, 2.24) is 20.1 Å². The lowest BCUT2D eigenvalue weighted by Gasteiger charge is -2.08. The zero-order chi connectivity index (χ0) is 19.0. The number of carbonyl (C=O) groups excluding carboxylic acids is 1. The molecule has 27 heavy (non-hydrogen) atoms. The Balaban J connectivity index is 1.58. The molecule has 3 aromatic rings. The van der Waals surface area contributed by atoms with Gasteiger partial charge in [0.15, 0.2) is 11.4 Å². The van der Waals surface area contributed by atoms with E-state index in [2.05, 4.69) is 15.4 Å². The van der Waals surface area contributed by atoms with Gasteiger partial charge in [0.25, 0.3) is 5.91 Å². The highest BCUT2D eigenvalue weighted by atomic mass is 32.1. The van der Waals surface area contributed by atoms with Crippen LogP contribution < -0.4 is 5.32 Å². The number of amides is 1. The molecule has 0 saturated carbocycles. The quantitative estimate of drug-likeness (QED) is 0.707. The fourth-order valence-corrected chi connectivity index (χ4v) is 4.06. The third-order valence-corrected chi connectivity index (χ3v) is 5.51. The summed E-state index contributed by atoms with van der Waals surface area (Å²) < 4.78 is 1.89. The molecule has 1 amide bonds. The van der Waals surface area contributed by atoms with Crippen molar-refractivity contribution in [2.45, 2.75) is 32.7 Å². The number of benzene rings is 1. The van der Waals surface area contributed by atoms with Gasteiger partial charge in [0, 0.05) is 16.6 Å². The number of rotatable bonds is 5. The number of nitrogens with one attached hydrogen (secondary N) is 1. The lowest BCUT2D eigenvalue weighted by molar-refractivity contribution is 0.0691. The smallest absolute Gasteiger partial charge is 0.355 e. The van der Waals surface area contributed by atoms with Crippen LogP contribution in [0.3, 0.4) is 0 Å². The molecule has 2 aromatic heterocycles. The van der Waals surface area contributed by atoms with Crippen LogP contribution in [0.4, 0.5) is 0 Å². The normalized spacial score (nSPS) is 12.8. The first-order valence-corrected chi connectivity index (χ1v) is 9.55. The van der Waals surface area contributed by atoms with Crippen molar-refractivity contribution in [2.24, 2.45) is 0 Å². The van der Waals surface area contributed by atoms with Gasteiger partial charge in [-0.2, -0.15) is 5.10 Å². The molecule has 2 heterocycles. The van der Waals surface area contributed by atoms with E-state index in [1.807, 2.05) is 35.9 Å². The van der Waals surface area contributed by atoms with Gasteiger partial charge in [-0.05, 0) is 37.8 Å². The number of para-hydroxylation sites is 1. The molecule has 0 saturated heterocycles. The van der Waals surface area contributed by atoms with Crippen molar-refractivity contribution in [3.05, 3.63) is 62.9 Å². The van der Waals surface area contributed by atoms with Crippen LogP contribution in [0, 0.1) is 6.92 Å². The van der Waals surface area contributed by atoms with Crippen molar-refractivity contribution in [3.8, 4) is 5.69 Å². The van der Waals surface area contributed by atoms with E-state index in [1.54, 1.807) is 0 Å². The zero-order valence-electron chi connectivity index (χ0n) is 14.7. The molecular weight excluding hydrogens is 364 g/mol. The summed E-state index contributed by atoms with van der Waals surface area (Å²) in [7, 11) is 0. The highest BCUT2D eigenvalue weighted by Gasteiger charge is 2.27. The van der Waals surface area contributed by atoms with Gasteiger partial charge >= 0.3 is 5.97 Å². The Labute approximate surface area is 159 Å². The molecule has 1 aromatic carbocycles. The summed E-state index contributed by atoms with van der Waals surface area (Å²) in [6.07, 6.45) is 2.75. The van der Waals surface area contributed by atoms with E-state index in [0.717, 1.165) is 41.8 Å². The molecule has 0 fully saturated rings. The first-order valence-electron chi connectivity index (χ1n) is 8.67. The molecule has 0 bridgehead atoms. The molecule has 0 radical (unpaired) electrons. The molecule has 7 nitrogen and oxygen atoms in total. The molecule has 0 aliphatic heterocycles. The summed E-state index contributed by atoms with van der Waals surface area (Å²) >= 11 is 1.21. The SMILES string of the molecule is Cc1ccccc1-n1nc(C(=O)NCc2nc(C(=O)O)cs2)c2c1CCC2. The molecule has 138 valence electrons. The molecule has 0 spiro atoms. The number of aryl methyl sites for hydroxylation is 1. The monoisotopic (exact) mass is 382 g/mol. The van der Waals surface area contributed by atoms with Crippen LogP contribution in [-0.4, -0.2) is 31.7 Å². The van der Waals surface area contributed by atoms with Crippen LogP contribution in [0.1, 0.15) is 49.2 Å². The molecule has 0 unspecified atom stereocenters. The molecule has 1 aliphatic rings. The average molecular weight is 382 g/mol. The van der Waals surface area contributed by atoms with E-state index in [1.165, 1.54) is 16.7 Å².